The van der Waals surface area contributed by atoms with Gasteiger partial charge in [-0.15, -0.1) is 0 Å². The number of nitrogens with one attached hydrogen (secondary N) is 1. The number of aromatic nitrogens is 5. The van der Waals surface area contributed by atoms with Gasteiger partial charge in [0.2, 0.25) is 0 Å². The molecule has 5 aromatic heterocycles. The first-order chi connectivity index (χ1) is 17.6. The Bertz CT molecular complexity index is 1720. The number of ether oxygens (including phenoxy) is 1. The fourth-order valence-electron chi connectivity index (χ4n) is 4.23. The molecule has 9 nitrogen and oxygen atoms in total. The van der Waals surface area contributed by atoms with Gasteiger partial charge in [0.25, 0.3) is 0 Å². The van der Waals surface area contributed by atoms with Crippen LogP contribution in [0, 0.1) is 6.92 Å². The molecule has 0 fully saturated rings. The molecule has 0 radical (unpaired) electrons. The molecule has 0 unspecified atom stereocenters. The quantitative estimate of drug-likeness (QED) is 0.339. The molecule has 0 atom stereocenters. The topological polar surface area (TPSA) is 117 Å². The van der Waals surface area contributed by atoms with E-state index in [9.17, 15) is 0 Å². The van der Waals surface area contributed by atoms with Crippen molar-refractivity contribution in [1.82, 2.24) is 24.5 Å². The van der Waals surface area contributed by atoms with E-state index in [1.54, 1.807) is 12.4 Å². The lowest BCUT2D eigenvalue weighted by atomic mass is 10.2. The highest BCUT2D eigenvalue weighted by molar-refractivity contribution is 6.00. The smallest absolute Gasteiger partial charge is 0.150 e. The highest BCUT2D eigenvalue weighted by atomic mass is 16.5. The standard InChI is InChI=1S/C27H23N7O2/c1-16-3-7-23(36-16)21-13-34(27-25(21)26(28)31-15-32-27)19-9-17(11-30-12-19)14-35-20-6-4-18-5-8-24(29-2)33-22(18)10-20/h3-13,15H,14H2,1-2H3,(H,29,33)(H2,28,31,32). The molecule has 0 bridgehead atoms. The lowest BCUT2D eigenvalue weighted by Gasteiger charge is -2.10. The second kappa shape index (κ2) is 8.70. The summed E-state index contributed by atoms with van der Waals surface area (Å²) in [6, 6.07) is 15.7. The Morgan fingerprint density at radius 3 is 2.78 bits per heavy atom. The van der Waals surface area contributed by atoms with E-state index in [0.29, 0.717) is 23.8 Å². The van der Waals surface area contributed by atoms with E-state index < -0.39 is 0 Å². The first-order valence-electron chi connectivity index (χ1n) is 11.4. The zero-order valence-corrected chi connectivity index (χ0v) is 19.8. The van der Waals surface area contributed by atoms with Crippen LogP contribution in [0.25, 0.3) is 38.9 Å². The number of aryl methyl sites for hydroxylation is 1. The van der Waals surface area contributed by atoms with Gasteiger partial charge in [-0.1, -0.05) is 0 Å². The van der Waals surface area contributed by atoms with Gasteiger partial charge in [0.1, 0.15) is 41.8 Å². The van der Waals surface area contributed by atoms with Crippen LogP contribution in [-0.4, -0.2) is 31.6 Å². The van der Waals surface area contributed by atoms with E-state index in [0.717, 1.165) is 50.4 Å². The highest BCUT2D eigenvalue weighted by Crippen LogP contribution is 2.35. The van der Waals surface area contributed by atoms with Crippen LogP contribution in [0.4, 0.5) is 11.6 Å². The van der Waals surface area contributed by atoms with Gasteiger partial charge < -0.3 is 20.2 Å². The first kappa shape index (κ1) is 21.6. The van der Waals surface area contributed by atoms with Crippen molar-refractivity contribution in [2.45, 2.75) is 13.5 Å². The third kappa shape index (κ3) is 3.86. The maximum absolute atomic E-state index is 6.24. The zero-order chi connectivity index (χ0) is 24.6. The lowest BCUT2D eigenvalue weighted by molar-refractivity contribution is 0.306. The molecular formula is C27H23N7O2. The normalized spacial score (nSPS) is 11.3. The van der Waals surface area contributed by atoms with Crippen molar-refractivity contribution in [3.63, 3.8) is 0 Å². The number of nitrogens with two attached hydrogens (primary N) is 1. The molecule has 178 valence electrons. The van der Waals surface area contributed by atoms with Gasteiger partial charge >= 0.3 is 0 Å². The molecule has 9 heteroatoms. The Morgan fingerprint density at radius 1 is 1.06 bits per heavy atom. The molecule has 36 heavy (non-hydrogen) atoms. The summed E-state index contributed by atoms with van der Waals surface area (Å²) in [6.07, 6.45) is 6.97. The van der Waals surface area contributed by atoms with Crippen molar-refractivity contribution < 1.29 is 9.15 Å². The van der Waals surface area contributed by atoms with Crippen molar-refractivity contribution in [2.75, 3.05) is 18.1 Å². The number of pyridine rings is 2. The number of rotatable bonds is 6. The number of nitrogen functional groups attached to an aromatic ring is 1. The number of anilines is 2. The summed E-state index contributed by atoms with van der Waals surface area (Å²) in [4.78, 5) is 17.7. The molecule has 6 rings (SSSR count). The van der Waals surface area contributed by atoms with Gasteiger partial charge in [0, 0.05) is 42.0 Å². The summed E-state index contributed by atoms with van der Waals surface area (Å²) in [5.74, 6) is 3.45. The summed E-state index contributed by atoms with van der Waals surface area (Å²) in [5, 5.41) is 4.85. The van der Waals surface area contributed by atoms with E-state index in [1.807, 2.05) is 73.3 Å². The number of fused-ring (bicyclic) bond motifs is 2. The largest absolute Gasteiger partial charge is 0.489 e. The monoisotopic (exact) mass is 477 g/mol. The number of nitrogens with zero attached hydrogens (tertiary/aromatic N) is 5. The van der Waals surface area contributed by atoms with E-state index in [2.05, 4.69) is 25.3 Å². The molecule has 1 aromatic carbocycles. The fourth-order valence-corrected chi connectivity index (χ4v) is 4.23. The van der Waals surface area contributed by atoms with E-state index >= 15 is 0 Å². The molecule has 6 aromatic rings. The number of furan rings is 1. The molecule has 0 aliphatic heterocycles. The van der Waals surface area contributed by atoms with Crippen LogP contribution in [0.2, 0.25) is 0 Å². The second-order valence-corrected chi connectivity index (χ2v) is 8.42. The highest BCUT2D eigenvalue weighted by Gasteiger charge is 2.18. The summed E-state index contributed by atoms with van der Waals surface area (Å²) in [6.45, 7) is 2.25. The van der Waals surface area contributed by atoms with Gasteiger partial charge in [-0.2, -0.15) is 0 Å². The second-order valence-electron chi connectivity index (χ2n) is 8.42. The average Bonchev–Trinajstić information content (AvgIpc) is 3.51. The van der Waals surface area contributed by atoms with Crippen molar-refractivity contribution in [3.8, 4) is 22.8 Å². The van der Waals surface area contributed by atoms with E-state index in [1.165, 1.54) is 6.33 Å². The van der Waals surface area contributed by atoms with Crippen LogP contribution in [0.1, 0.15) is 11.3 Å². The molecule has 0 saturated carbocycles. The lowest BCUT2D eigenvalue weighted by Crippen LogP contribution is -2.01. The predicted octanol–water partition coefficient (Wildman–Crippen LogP) is 5.14. The fraction of sp³-hybridized carbons (Fsp3) is 0.111. The van der Waals surface area contributed by atoms with Gasteiger partial charge in [-0.25, -0.2) is 15.0 Å². The van der Waals surface area contributed by atoms with Crippen LogP contribution < -0.4 is 15.8 Å². The molecule has 3 N–H and O–H groups in total. The minimum atomic E-state index is 0.346. The molecule has 5 heterocycles. The molecule has 0 saturated heterocycles. The Balaban J connectivity index is 1.32. The molecule has 0 amide bonds. The van der Waals surface area contributed by atoms with Crippen LogP contribution in [0.15, 0.2) is 77.9 Å². The summed E-state index contributed by atoms with van der Waals surface area (Å²) < 4.78 is 13.9. The summed E-state index contributed by atoms with van der Waals surface area (Å²) in [5.41, 5.74) is 10.3. The van der Waals surface area contributed by atoms with Crippen LogP contribution in [-0.2, 0) is 6.61 Å². The molecule has 0 spiro atoms. The minimum Gasteiger partial charge on any atom is -0.489 e. The van der Waals surface area contributed by atoms with Crippen LogP contribution in [0.3, 0.4) is 0 Å². The van der Waals surface area contributed by atoms with Gasteiger partial charge in [-0.05, 0) is 49.4 Å². The van der Waals surface area contributed by atoms with Gasteiger partial charge in [-0.3, -0.25) is 9.55 Å². The summed E-state index contributed by atoms with van der Waals surface area (Å²) >= 11 is 0. The Morgan fingerprint density at radius 2 is 1.94 bits per heavy atom. The molecule has 0 aliphatic carbocycles. The van der Waals surface area contributed by atoms with Crippen molar-refractivity contribution >= 4 is 33.6 Å². The third-order valence-corrected chi connectivity index (χ3v) is 6.00. The Hall–Kier alpha value is -4.92. The molecule has 0 aliphatic rings. The van der Waals surface area contributed by atoms with Crippen molar-refractivity contribution in [1.29, 1.82) is 0 Å². The maximum atomic E-state index is 6.24. The van der Waals surface area contributed by atoms with Gasteiger partial charge in [0.05, 0.1) is 22.8 Å². The van der Waals surface area contributed by atoms with E-state index in [-0.39, 0.29) is 0 Å². The maximum Gasteiger partial charge on any atom is 0.150 e. The molecular weight excluding hydrogens is 454 g/mol. The predicted molar refractivity (Wildman–Crippen MR) is 139 cm³/mol. The van der Waals surface area contributed by atoms with Crippen molar-refractivity contribution in [3.05, 3.63) is 84.8 Å². The third-order valence-electron chi connectivity index (χ3n) is 6.00. The summed E-state index contributed by atoms with van der Waals surface area (Å²) in [7, 11) is 1.85. The number of hydrogen-bond acceptors (Lipinski definition) is 8. The minimum absolute atomic E-state index is 0.346. The van der Waals surface area contributed by atoms with E-state index in [4.69, 9.17) is 14.9 Å². The van der Waals surface area contributed by atoms with Gasteiger partial charge in [0.15, 0.2) is 5.65 Å². The SMILES string of the molecule is CNc1ccc2ccc(OCc3cncc(-n4cc(-c5ccc(C)o5)c5c(N)ncnc54)c3)cc2n1. The average molecular weight is 478 g/mol. The zero-order valence-electron chi connectivity index (χ0n) is 19.8. The Kier molecular flexibility index (Phi) is 5.22. The number of hydrogen-bond donors (Lipinski definition) is 2. The van der Waals surface area contributed by atoms with Crippen LogP contribution in [0.5, 0.6) is 5.75 Å². The van der Waals surface area contributed by atoms with Crippen LogP contribution >= 0.6 is 0 Å². The number of benzene rings is 1. The first-order valence-corrected chi connectivity index (χ1v) is 11.4. The Labute approximate surface area is 206 Å². The van der Waals surface area contributed by atoms with Crippen molar-refractivity contribution in [2.24, 2.45) is 0 Å².